The Hall–Kier alpha value is -1.53. The monoisotopic (exact) mass is 288 g/mol. The highest BCUT2D eigenvalue weighted by Crippen LogP contribution is 2.34. The van der Waals surface area contributed by atoms with Gasteiger partial charge in [0, 0.05) is 19.6 Å². The molecule has 1 unspecified atom stereocenters. The summed E-state index contributed by atoms with van der Waals surface area (Å²) in [4.78, 5) is 10.1. The number of hydrogen-bond donors (Lipinski definition) is 1. The quantitative estimate of drug-likeness (QED) is 0.924. The molecule has 1 N–H and O–H groups in total. The maximum atomic E-state index is 12.8. The summed E-state index contributed by atoms with van der Waals surface area (Å²) in [6.45, 7) is 3.36. The Morgan fingerprint density at radius 1 is 1.40 bits per heavy atom. The summed E-state index contributed by atoms with van der Waals surface area (Å²) in [7, 11) is 0. The fraction of sp³-hybridized carbons (Fsp3) is 0.692. The molecule has 112 valence electrons. The van der Waals surface area contributed by atoms with E-state index < -0.39 is 12.1 Å². The van der Waals surface area contributed by atoms with Gasteiger partial charge in [-0.05, 0) is 19.3 Å². The number of anilines is 2. The molecule has 1 atom stereocenters. The minimum absolute atomic E-state index is 0.0323. The van der Waals surface area contributed by atoms with Crippen LogP contribution in [0.25, 0.3) is 0 Å². The Labute approximate surface area is 116 Å². The molecular weight excluding hydrogens is 269 g/mol. The van der Waals surface area contributed by atoms with E-state index in [0.717, 1.165) is 13.0 Å². The minimum atomic E-state index is -4.13. The summed E-state index contributed by atoms with van der Waals surface area (Å²) >= 11 is 0. The number of hydrogen-bond acceptors (Lipinski definition) is 4. The van der Waals surface area contributed by atoms with Crippen LogP contribution in [0.1, 0.15) is 26.2 Å². The molecule has 20 heavy (non-hydrogen) atoms. The van der Waals surface area contributed by atoms with Crippen LogP contribution < -0.4 is 10.2 Å². The van der Waals surface area contributed by atoms with Gasteiger partial charge in [0.05, 0.1) is 18.3 Å². The summed E-state index contributed by atoms with van der Waals surface area (Å²) in [5.74, 6) is -0.149. The molecular formula is C13H19F3N4. The molecule has 0 aromatic carbocycles. The zero-order valence-electron chi connectivity index (χ0n) is 11.5. The zero-order valence-corrected chi connectivity index (χ0v) is 11.5. The van der Waals surface area contributed by atoms with Crippen molar-refractivity contribution in [3.05, 3.63) is 12.4 Å². The SMILES string of the molecule is CCCNc1cncc(N2CCCC(C(F)(F)F)C2)n1. The van der Waals surface area contributed by atoms with Crippen molar-refractivity contribution < 1.29 is 13.2 Å². The lowest BCUT2D eigenvalue weighted by molar-refractivity contribution is -0.176. The molecule has 1 aliphatic rings. The van der Waals surface area contributed by atoms with Gasteiger partial charge >= 0.3 is 6.18 Å². The smallest absolute Gasteiger partial charge is 0.369 e. The topological polar surface area (TPSA) is 41.1 Å². The number of nitrogens with one attached hydrogen (secondary N) is 1. The van der Waals surface area contributed by atoms with Gasteiger partial charge in [-0.1, -0.05) is 6.92 Å². The average Bonchev–Trinajstić information content (AvgIpc) is 2.45. The molecule has 0 spiro atoms. The van der Waals surface area contributed by atoms with Gasteiger partial charge < -0.3 is 10.2 Å². The van der Waals surface area contributed by atoms with E-state index in [4.69, 9.17) is 0 Å². The molecule has 0 aliphatic carbocycles. The number of alkyl halides is 3. The number of halogens is 3. The molecule has 0 saturated carbocycles. The van der Waals surface area contributed by atoms with Gasteiger partial charge in [-0.3, -0.25) is 4.98 Å². The molecule has 2 heterocycles. The highest BCUT2D eigenvalue weighted by atomic mass is 19.4. The molecule has 2 rings (SSSR count). The highest BCUT2D eigenvalue weighted by Gasteiger charge is 2.42. The Morgan fingerprint density at radius 3 is 2.90 bits per heavy atom. The average molecular weight is 288 g/mol. The van der Waals surface area contributed by atoms with Crippen molar-refractivity contribution >= 4 is 11.6 Å². The second-order valence-electron chi connectivity index (χ2n) is 5.02. The first-order valence-corrected chi connectivity index (χ1v) is 6.88. The van der Waals surface area contributed by atoms with Crippen molar-refractivity contribution in [1.82, 2.24) is 9.97 Å². The summed E-state index contributed by atoms with van der Waals surface area (Å²) in [5.41, 5.74) is 0. The summed E-state index contributed by atoms with van der Waals surface area (Å²) in [6, 6.07) is 0. The molecule has 1 saturated heterocycles. The minimum Gasteiger partial charge on any atom is -0.369 e. The molecule has 0 amide bonds. The van der Waals surface area contributed by atoms with E-state index >= 15 is 0 Å². The number of rotatable bonds is 4. The first-order chi connectivity index (χ1) is 9.50. The van der Waals surface area contributed by atoms with E-state index in [-0.39, 0.29) is 13.0 Å². The zero-order chi connectivity index (χ0) is 14.6. The molecule has 0 radical (unpaired) electrons. The maximum Gasteiger partial charge on any atom is 0.393 e. The Morgan fingerprint density at radius 2 is 2.20 bits per heavy atom. The van der Waals surface area contributed by atoms with Crippen LogP contribution in [0, 0.1) is 5.92 Å². The highest BCUT2D eigenvalue weighted by molar-refractivity contribution is 5.44. The van der Waals surface area contributed by atoms with E-state index in [1.807, 2.05) is 6.92 Å². The second kappa shape index (κ2) is 6.28. The standard InChI is InChI=1S/C13H19F3N4/c1-2-5-18-11-7-17-8-12(19-11)20-6-3-4-10(9-20)13(14,15)16/h7-8,10H,2-6,9H2,1H3,(H,18,19). The fourth-order valence-electron chi connectivity index (χ4n) is 2.30. The first-order valence-electron chi connectivity index (χ1n) is 6.88. The van der Waals surface area contributed by atoms with Crippen LogP contribution in [0.2, 0.25) is 0 Å². The van der Waals surface area contributed by atoms with E-state index in [0.29, 0.717) is 24.6 Å². The predicted molar refractivity (Wildman–Crippen MR) is 71.8 cm³/mol. The van der Waals surface area contributed by atoms with Crippen molar-refractivity contribution in [1.29, 1.82) is 0 Å². The van der Waals surface area contributed by atoms with Crippen molar-refractivity contribution in [2.24, 2.45) is 5.92 Å². The molecule has 4 nitrogen and oxygen atoms in total. The Kier molecular flexibility index (Phi) is 4.67. The third kappa shape index (κ3) is 3.74. The van der Waals surface area contributed by atoms with Crippen molar-refractivity contribution in [3.8, 4) is 0 Å². The second-order valence-corrected chi connectivity index (χ2v) is 5.02. The van der Waals surface area contributed by atoms with Crippen LogP contribution in [-0.2, 0) is 0 Å². The van der Waals surface area contributed by atoms with Gasteiger partial charge in [0.2, 0.25) is 0 Å². The molecule has 0 bridgehead atoms. The van der Waals surface area contributed by atoms with E-state index in [1.54, 1.807) is 11.1 Å². The van der Waals surface area contributed by atoms with Gasteiger partial charge in [0.15, 0.2) is 0 Å². The summed E-state index contributed by atoms with van der Waals surface area (Å²) in [6.07, 6.45) is 0.649. The van der Waals surface area contributed by atoms with Gasteiger partial charge in [-0.2, -0.15) is 13.2 Å². The van der Waals surface area contributed by atoms with Crippen molar-refractivity contribution in [2.75, 3.05) is 29.9 Å². The lowest BCUT2D eigenvalue weighted by Crippen LogP contribution is -2.42. The fourth-order valence-corrected chi connectivity index (χ4v) is 2.30. The lowest BCUT2D eigenvalue weighted by Gasteiger charge is -2.34. The van der Waals surface area contributed by atoms with Crippen LogP contribution >= 0.6 is 0 Å². The van der Waals surface area contributed by atoms with Crippen molar-refractivity contribution in [2.45, 2.75) is 32.4 Å². The normalized spacial score (nSPS) is 20.0. The van der Waals surface area contributed by atoms with Crippen LogP contribution in [0.15, 0.2) is 12.4 Å². The van der Waals surface area contributed by atoms with Crippen LogP contribution in [-0.4, -0.2) is 35.8 Å². The molecule has 1 aromatic heterocycles. The summed E-state index contributed by atoms with van der Waals surface area (Å²) < 4.78 is 38.4. The number of piperidine rings is 1. The van der Waals surface area contributed by atoms with Crippen LogP contribution in [0.4, 0.5) is 24.8 Å². The van der Waals surface area contributed by atoms with E-state index in [2.05, 4.69) is 15.3 Å². The van der Waals surface area contributed by atoms with Gasteiger partial charge in [0.1, 0.15) is 11.6 Å². The lowest BCUT2D eigenvalue weighted by atomic mass is 9.97. The molecule has 7 heteroatoms. The molecule has 1 aromatic rings. The van der Waals surface area contributed by atoms with Gasteiger partial charge in [0.25, 0.3) is 0 Å². The van der Waals surface area contributed by atoms with Crippen LogP contribution in [0.5, 0.6) is 0 Å². The van der Waals surface area contributed by atoms with Gasteiger partial charge in [-0.25, -0.2) is 4.98 Å². The Balaban J connectivity index is 2.07. The van der Waals surface area contributed by atoms with Crippen LogP contribution in [0.3, 0.4) is 0 Å². The Bertz CT molecular complexity index is 436. The maximum absolute atomic E-state index is 12.8. The summed E-state index contributed by atoms with van der Waals surface area (Å²) in [5, 5.41) is 3.09. The number of nitrogens with zero attached hydrogens (tertiary/aromatic N) is 3. The molecule has 1 aliphatic heterocycles. The third-order valence-electron chi connectivity index (χ3n) is 3.39. The largest absolute Gasteiger partial charge is 0.393 e. The predicted octanol–water partition coefficient (Wildman–Crippen LogP) is 3.08. The van der Waals surface area contributed by atoms with Gasteiger partial charge in [-0.15, -0.1) is 0 Å². The molecule has 1 fully saturated rings. The van der Waals surface area contributed by atoms with E-state index in [1.165, 1.54) is 6.20 Å². The third-order valence-corrected chi connectivity index (χ3v) is 3.39. The number of aromatic nitrogens is 2. The van der Waals surface area contributed by atoms with Crippen molar-refractivity contribution in [3.63, 3.8) is 0 Å². The van der Waals surface area contributed by atoms with E-state index in [9.17, 15) is 13.2 Å². The first kappa shape index (κ1) is 14.9.